The Labute approximate surface area is 184 Å². The smallest absolute Gasteiger partial charge is 0.342 e. The first-order valence-electron chi connectivity index (χ1n) is 10.3. The number of anilines is 1. The third kappa shape index (κ3) is 5.61. The Balaban J connectivity index is 1.66. The molecule has 0 unspecified atom stereocenters. The van der Waals surface area contributed by atoms with Crippen LogP contribution in [0, 0.1) is 0 Å². The van der Waals surface area contributed by atoms with E-state index >= 15 is 0 Å². The number of hydrogen-bond acceptors (Lipinski definition) is 7. The van der Waals surface area contributed by atoms with Gasteiger partial charge in [-0.15, -0.1) is 0 Å². The lowest BCUT2D eigenvalue weighted by atomic mass is 10.2. The van der Waals surface area contributed by atoms with Crippen LogP contribution >= 0.6 is 0 Å². The maximum atomic E-state index is 12.4. The zero-order valence-electron chi connectivity index (χ0n) is 18.5. The highest BCUT2D eigenvalue weighted by Gasteiger charge is 2.24. The second-order valence-electron chi connectivity index (χ2n) is 8.03. The van der Waals surface area contributed by atoms with Gasteiger partial charge in [0.2, 0.25) is 10.0 Å². The van der Waals surface area contributed by atoms with Crippen molar-refractivity contribution in [2.24, 2.45) is 0 Å². The first kappa shape index (κ1) is 23.2. The van der Waals surface area contributed by atoms with Gasteiger partial charge in [-0.05, 0) is 43.7 Å². The third-order valence-corrected chi connectivity index (χ3v) is 6.92. The molecule has 8 nitrogen and oxygen atoms in total. The van der Waals surface area contributed by atoms with Crippen LogP contribution in [0.15, 0.2) is 47.5 Å². The number of hydrogen-bond donors (Lipinski definition) is 0. The summed E-state index contributed by atoms with van der Waals surface area (Å²) in [6, 6.07) is 10.6. The van der Waals surface area contributed by atoms with Crippen molar-refractivity contribution >= 4 is 21.8 Å². The Morgan fingerprint density at radius 3 is 2.48 bits per heavy atom. The number of esters is 1. The molecule has 0 spiro atoms. The summed E-state index contributed by atoms with van der Waals surface area (Å²) in [4.78, 5) is 21.5. The predicted octanol–water partition coefficient (Wildman–Crippen LogP) is 2.22. The minimum atomic E-state index is -3.45. The van der Waals surface area contributed by atoms with E-state index in [1.807, 2.05) is 19.9 Å². The number of ether oxygens (including phenoxy) is 1. The Kier molecular flexibility index (Phi) is 7.30. The van der Waals surface area contributed by atoms with Gasteiger partial charge in [0.05, 0.1) is 11.0 Å². The highest BCUT2D eigenvalue weighted by atomic mass is 32.2. The summed E-state index contributed by atoms with van der Waals surface area (Å²) in [5.41, 5.74) is 1.43. The fraction of sp³-hybridized carbons (Fsp3) is 0.455. The highest BCUT2D eigenvalue weighted by molar-refractivity contribution is 7.89. The molecule has 0 radical (unpaired) electrons. The van der Waals surface area contributed by atoms with Crippen molar-refractivity contribution in [2.75, 3.05) is 45.2 Å². The minimum Gasteiger partial charge on any atom is -0.459 e. The van der Waals surface area contributed by atoms with Gasteiger partial charge in [-0.3, -0.25) is 4.90 Å². The summed E-state index contributed by atoms with van der Waals surface area (Å²) in [7, 11) is -0.389. The number of nitrogens with zero attached hydrogens (tertiary/aromatic N) is 4. The van der Waals surface area contributed by atoms with Crippen LogP contribution in [-0.4, -0.2) is 75.0 Å². The lowest BCUT2D eigenvalue weighted by molar-refractivity contribution is 0.0378. The van der Waals surface area contributed by atoms with Crippen LogP contribution in [0.4, 0.5) is 5.82 Å². The molecule has 1 saturated heterocycles. The standard InChI is InChI=1S/C22H30N4O4S/c1-17(2)30-22(27)20-9-6-10-23-21(20)26-13-11-25(12-14-26)16-18-7-5-8-19(15-18)31(28,29)24(3)4/h5-10,15,17H,11-14,16H2,1-4H3. The number of sulfonamides is 1. The number of piperazine rings is 1. The number of pyridine rings is 1. The lowest BCUT2D eigenvalue weighted by Crippen LogP contribution is -2.46. The van der Waals surface area contributed by atoms with Crippen molar-refractivity contribution in [2.45, 2.75) is 31.4 Å². The first-order chi connectivity index (χ1) is 14.7. The molecule has 0 amide bonds. The van der Waals surface area contributed by atoms with Crippen LogP contribution in [0.2, 0.25) is 0 Å². The quantitative estimate of drug-likeness (QED) is 0.603. The summed E-state index contributed by atoms with van der Waals surface area (Å²) in [6.45, 7) is 7.30. The van der Waals surface area contributed by atoms with E-state index in [1.54, 1.807) is 36.5 Å². The van der Waals surface area contributed by atoms with Gasteiger partial charge in [0.1, 0.15) is 11.4 Å². The average molecular weight is 447 g/mol. The minimum absolute atomic E-state index is 0.190. The number of rotatable bonds is 7. The van der Waals surface area contributed by atoms with Gasteiger partial charge >= 0.3 is 5.97 Å². The number of carbonyl (C=O) groups excluding carboxylic acids is 1. The van der Waals surface area contributed by atoms with Crippen molar-refractivity contribution in [3.05, 3.63) is 53.7 Å². The molecule has 9 heteroatoms. The zero-order valence-corrected chi connectivity index (χ0v) is 19.3. The van der Waals surface area contributed by atoms with E-state index < -0.39 is 10.0 Å². The average Bonchev–Trinajstić information content (AvgIpc) is 2.74. The van der Waals surface area contributed by atoms with E-state index in [-0.39, 0.29) is 12.1 Å². The molecule has 2 heterocycles. The van der Waals surface area contributed by atoms with Gasteiger partial charge in [-0.1, -0.05) is 12.1 Å². The second kappa shape index (κ2) is 9.76. The SMILES string of the molecule is CC(C)OC(=O)c1cccnc1N1CCN(Cc2cccc(S(=O)(=O)N(C)C)c2)CC1. The van der Waals surface area contributed by atoms with E-state index in [0.29, 0.717) is 35.9 Å². The van der Waals surface area contributed by atoms with Crippen molar-refractivity contribution in [1.82, 2.24) is 14.2 Å². The van der Waals surface area contributed by atoms with Gasteiger partial charge in [-0.25, -0.2) is 22.5 Å². The molecule has 1 aliphatic heterocycles. The lowest BCUT2D eigenvalue weighted by Gasteiger charge is -2.36. The molecular weight excluding hydrogens is 416 g/mol. The van der Waals surface area contributed by atoms with Crippen molar-refractivity contribution in [3.8, 4) is 0 Å². The fourth-order valence-corrected chi connectivity index (χ4v) is 4.45. The second-order valence-corrected chi connectivity index (χ2v) is 10.2. The summed E-state index contributed by atoms with van der Waals surface area (Å²) in [5, 5.41) is 0. The summed E-state index contributed by atoms with van der Waals surface area (Å²) < 4.78 is 31.4. The summed E-state index contributed by atoms with van der Waals surface area (Å²) >= 11 is 0. The van der Waals surface area contributed by atoms with Crippen LogP contribution in [0.1, 0.15) is 29.8 Å². The zero-order chi connectivity index (χ0) is 22.6. The number of benzene rings is 1. The van der Waals surface area contributed by atoms with Crippen LogP contribution < -0.4 is 4.90 Å². The number of carbonyl (C=O) groups is 1. The van der Waals surface area contributed by atoms with E-state index in [1.165, 1.54) is 18.4 Å². The maximum Gasteiger partial charge on any atom is 0.342 e. The molecule has 1 aromatic carbocycles. The van der Waals surface area contributed by atoms with Gasteiger partial charge < -0.3 is 9.64 Å². The molecule has 0 N–H and O–H groups in total. The predicted molar refractivity (Wildman–Crippen MR) is 120 cm³/mol. The Hall–Kier alpha value is -2.49. The van der Waals surface area contributed by atoms with Gasteiger partial charge in [0.15, 0.2) is 0 Å². The number of aromatic nitrogens is 1. The maximum absolute atomic E-state index is 12.4. The van der Waals surface area contributed by atoms with E-state index in [4.69, 9.17) is 4.74 Å². The molecule has 168 valence electrons. The largest absolute Gasteiger partial charge is 0.459 e. The Morgan fingerprint density at radius 2 is 1.84 bits per heavy atom. The Morgan fingerprint density at radius 1 is 1.13 bits per heavy atom. The van der Waals surface area contributed by atoms with Crippen LogP contribution in [-0.2, 0) is 21.3 Å². The molecule has 0 bridgehead atoms. The summed E-state index contributed by atoms with van der Waals surface area (Å²) in [6.07, 6.45) is 1.49. The van der Waals surface area contributed by atoms with Gasteiger partial charge in [-0.2, -0.15) is 0 Å². The molecule has 2 aromatic rings. The normalized spacial score (nSPS) is 15.5. The summed E-state index contributed by atoms with van der Waals surface area (Å²) in [5.74, 6) is 0.284. The van der Waals surface area contributed by atoms with Crippen molar-refractivity contribution in [1.29, 1.82) is 0 Å². The van der Waals surface area contributed by atoms with Crippen LogP contribution in [0.3, 0.4) is 0 Å². The molecular formula is C22H30N4O4S. The highest BCUT2D eigenvalue weighted by Crippen LogP contribution is 2.22. The molecule has 0 aliphatic carbocycles. The van der Waals surface area contributed by atoms with Gasteiger partial charge in [0, 0.05) is 53.0 Å². The Bertz CT molecular complexity index is 1020. The monoisotopic (exact) mass is 446 g/mol. The van der Waals surface area contributed by atoms with Crippen LogP contribution in [0.5, 0.6) is 0 Å². The van der Waals surface area contributed by atoms with Crippen molar-refractivity contribution < 1.29 is 17.9 Å². The molecule has 1 fully saturated rings. The third-order valence-electron chi connectivity index (χ3n) is 5.10. The van der Waals surface area contributed by atoms with Crippen LogP contribution in [0.25, 0.3) is 0 Å². The molecule has 3 rings (SSSR count). The first-order valence-corrected chi connectivity index (χ1v) is 11.8. The molecule has 0 atom stereocenters. The van der Waals surface area contributed by atoms with E-state index in [2.05, 4.69) is 14.8 Å². The molecule has 0 saturated carbocycles. The van der Waals surface area contributed by atoms with Crippen molar-refractivity contribution in [3.63, 3.8) is 0 Å². The van der Waals surface area contributed by atoms with E-state index in [0.717, 1.165) is 18.7 Å². The molecule has 31 heavy (non-hydrogen) atoms. The van der Waals surface area contributed by atoms with Gasteiger partial charge in [0.25, 0.3) is 0 Å². The fourth-order valence-electron chi connectivity index (χ4n) is 3.48. The molecule has 1 aliphatic rings. The molecule has 1 aromatic heterocycles. The topological polar surface area (TPSA) is 83.0 Å². The van der Waals surface area contributed by atoms with E-state index in [9.17, 15) is 13.2 Å².